The number of hydrogen-bond donors (Lipinski definition) is 0. The molecule has 0 radical (unpaired) electrons. The van der Waals surface area contributed by atoms with Gasteiger partial charge in [0.1, 0.15) is 12.4 Å². The van der Waals surface area contributed by atoms with Gasteiger partial charge in [0.05, 0.1) is 16.1 Å². The molecule has 4 aromatic rings. The van der Waals surface area contributed by atoms with Crippen molar-refractivity contribution in [2.24, 2.45) is 0 Å². The molecule has 0 N–H and O–H groups in total. The lowest BCUT2D eigenvalue weighted by molar-refractivity contribution is -0.137. The van der Waals surface area contributed by atoms with Gasteiger partial charge in [-0.05, 0) is 35.9 Å². The van der Waals surface area contributed by atoms with E-state index in [1.54, 1.807) is 16.8 Å². The summed E-state index contributed by atoms with van der Waals surface area (Å²) >= 11 is 6.07. The van der Waals surface area contributed by atoms with Gasteiger partial charge in [-0.1, -0.05) is 41.9 Å². The zero-order chi connectivity index (χ0) is 19.7. The Hall–Kier alpha value is -2.99. The van der Waals surface area contributed by atoms with Crippen molar-refractivity contribution in [3.63, 3.8) is 0 Å². The van der Waals surface area contributed by atoms with Gasteiger partial charge in [0.2, 0.25) is 0 Å². The molecule has 0 aliphatic carbocycles. The molecule has 0 unspecified atom stereocenters. The Bertz CT molecular complexity index is 1120. The average Bonchev–Trinajstić information content (AvgIpc) is 3.09. The number of rotatable bonds is 4. The van der Waals surface area contributed by atoms with Crippen molar-refractivity contribution in [2.45, 2.75) is 12.8 Å². The van der Waals surface area contributed by atoms with E-state index in [4.69, 9.17) is 16.3 Å². The van der Waals surface area contributed by atoms with Crippen molar-refractivity contribution in [2.75, 3.05) is 0 Å². The first kappa shape index (κ1) is 18.4. The van der Waals surface area contributed by atoms with Crippen molar-refractivity contribution < 1.29 is 17.9 Å². The van der Waals surface area contributed by atoms with Crippen LogP contribution in [0.4, 0.5) is 13.2 Å². The molecule has 0 bridgehead atoms. The number of aromatic nitrogens is 2. The summed E-state index contributed by atoms with van der Waals surface area (Å²) in [7, 11) is 0. The fraction of sp³-hybridized carbons (Fsp3) is 0.0952. The summed E-state index contributed by atoms with van der Waals surface area (Å²) in [4.78, 5) is 3.92. The predicted molar refractivity (Wildman–Crippen MR) is 102 cm³/mol. The number of halogens is 4. The van der Waals surface area contributed by atoms with E-state index >= 15 is 0 Å². The van der Waals surface area contributed by atoms with Crippen LogP contribution in [0.5, 0.6) is 5.75 Å². The lowest BCUT2D eigenvalue weighted by Crippen LogP contribution is -2.07. The second-order valence-electron chi connectivity index (χ2n) is 6.21. The molecular weight excluding hydrogens is 389 g/mol. The number of hydrogen-bond acceptors (Lipinski definition) is 2. The van der Waals surface area contributed by atoms with Crippen LogP contribution in [0.3, 0.4) is 0 Å². The van der Waals surface area contributed by atoms with Gasteiger partial charge in [-0.3, -0.25) is 4.57 Å². The largest absolute Gasteiger partial charge is 0.489 e. The zero-order valence-electron chi connectivity index (χ0n) is 14.4. The van der Waals surface area contributed by atoms with Gasteiger partial charge in [0.25, 0.3) is 0 Å². The standard InChI is InChI=1S/C21H14ClF3N2O/c22-18-11-16(21(23,24)25)12-26-20(18)27-9-8-15-10-17(6-7-19(15)27)28-13-14-4-2-1-3-5-14/h1-12H,13H2. The first-order valence-electron chi connectivity index (χ1n) is 8.43. The molecule has 0 fully saturated rings. The van der Waals surface area contributed by atoms with E-state index in [1.807, 2.05) is 48.5 Å². The SMILES string of the molecule is FC(F)(F)c1cnc(-n2ccc3cc(OCc4ccccc4)ccc32)c(Cl)c1. The van der Waals surface area contributed by atoms with Gasteiger partial charge in [0.15, 0.2) is 5.82 Å². The fourth-order valence-corrected chi connectivity index (χ4v) is 3.16. The maximum atomic E-state index is 12.8. The highest BCUT2D eigenvalue weighted by atomic mass is 35.5. The number of fused-ring (bicyclic) bond motifs is 1. The second kappa shape index (κ2) is 7.20. The summed E-state index contributed by atoms with van der Waals surface area (Å²) in [5.74, 6) is 0.934. The summed E-state index contributed by atoms with van der Waals surface area (Å²) < 4.78 is 45.9. The summed E-state index contributed by atoms with van der Waals surface area (Å²) in [5.41, 5.74) is 0.941. The van der Waals surface area contributed by atoms with Gasteiger partial charge in [-0.2, -0.15) is 13.2 Å². The van der Waals surface area contributed by atoms with Crippen LogP contribution in [0.25, 0.3) is 16.7 Å². The van der Waals surface area contributed by atoms with Gasteiger partial charge in [0, 0.05) is 17.8 Å². The van der Waals surface area contributed by atoms with E-state index in [-0.39, 0.29) is 10.8 Å². The Morgan fingerprint density at radius 2 is 1.79 bits per heavy atom. The van der Waals surface area contributed by atoms with Crippen molar-refractivity contribution in [3.8, 4) is 11.6 Å². The summed E-state index contributed by atoms with van der Waals surface area (Å²) in [5, 5.41) is 0.792. The van der Waals surface area contributed by atoms with Crippen LogP contribution >= 0.6 is 11.6 Å². The average molecular weight is 403 g/mol. The minimum absolute atomic E-state index is 0.0725. The smallest absolute Gasteiger partial charge is 0.417 e. The lowest BCUT2D eigenvalue weighted by Gasteiger charge is -2.11. The molecule has 2 aromatic carbocycles. The van der Waals surface area contributed by atoms with E-state index in [9.17, 15) is 13.2 Å². The number of nitrogens with zero attached hydrogens (tertiary/aromatic N) is 2. The maximum Gasteiger partial charge on any atom is 0.417 e. The van der Waals surface area contributed by atoms with Gasteiger partial charge < -0.3 is 4.74 Å². The van der Waals surface area contributed by atoms with Gasteiger partial charge >= 0.3 is 6.18 Å². The van der Waals surface area contributed by atoms with Crippen LogP contribution in [-0.4, -0.2) is 9.55 Å². The molecule has 0 spiro atoms. The van der Waals surface area contributed by atoms with Crippen LogP contribution in [0.15, 0.2) is 73.1 Å². The predicted octanol–water partition coefficient (Wildman–Crippen LogP) is 6.28. The normalized spacial score (nSPS) is 11.7. The summed E-state index contributed by atoms with van der Waals surface area (Å²) in [6, 6.07) is 18.0. The molecule has 28 heavy (non-hydrogen) atoms. The molecule has 0 aliphatic heterocycles. The Balaban J connectivity index is 1.61. The minimum Gasteiger partial charge on any atom is -0.489 e. The molecule has 0 amide bonds. The Labute approximate surface area is 164 Å². The van der Waals surface area contributed by atoms with E-state index in [1.165, 1.54) is 0 Å². The van der Waals surface area contributed by atoms with E-state index in [0.29, 0.717) is 12.4 Å². The third kappa shape index (κ3) is 3.68. The molecule has 2 aromatic heterocycles. The van der Waals surface area contributed by atoms with Crippen molar-refractivity contribution in [3.05, 3.63) is 89.2 Å². The molecule has 0 saturated heterocycles. The first-order chi connectivity index (χ1) is 13.4. The molecule has 3 nitrogen and oxygen atoms in total. The van der Waals surface area contributed by atoms with E-state index < -0.39 is 11.7 Å². The van der Waals surface area contributed by atoms with E-state index in [2.05, 4.69) is 4.98 Å². The number of benzene rings is 2. The molecule has 0 saturated carbocycles. The van der Waals surface area contributed by atoms with Crippen molar-refractivity contribution >= 4 is 22.5 Å². The Morgan fingerprint density at radius 1 is 1.00 bits per heavy atom. The van der Waals surface area contributed by atoms with Crippen LogP contribution in [-0.2, 0) is 12.8 Å². The third-order valence-electron chi connectivity index (χ3n) is 4.29. The van der Waals surface area contributed by atoms with Gasteiger partial charge in [-0.25, -0.2) is 4.98 Å². The molecule has 0 aliphatic rings. The highest BCUT2D eigenvalue weighted by molar-refractivity contribution is 6.32. The number of alkyl halides is 3. The Kier molecular flexibility index (Phi) is 4.73. The van der Waals surface area contributed by atoms with Crippen LogP contribution < -0.4 is 4.74 Å². The highest BCUT2D eigenvalue weighted by Gasteiger charge is 2.31. The van der Waals surface area contributed by atoms with Crippen molar-refractivity contribution in [1.82, 2.24) is 9.55 Å². The fourth-order valence-electron chi connectivity index (χ4n) is 2.90. The van der Waals surface area contributed by atoms with E-state index in [0.717, 1.165) is 28.7 Å². The zero-order valence-corrected chi connectivity index (χ0v) is 15.2. The van der Waals surface area contributed by atoms with Crippen LogP contribution in [0.2, 0.25) is 5.02 Å². The second-order valence-corrected chi connectivity index (χ2v) is 6.62. The molecular formula is C21H14ClF3N2O. The van der Waals surface area contributed by atoms with Crippen LogP contribution in [0, 0.1) is 0 Å². The minimum atomic E-state index is -4.49. The quantitative estimate of drug-likeness (QED) is 0.402. The molecule has 7 heteroatoms. The Morgan fingerprint density at radius 3 is 2.50 bits per heavy atom. The van der Waals surface area contributed by atoms with Crippen LogP contribution in [0.1, 0.15) is 11.1 Å². The maximum absolute atomic E-state index is 12.8. The monoisotopic (exact) mass is 402 g/mol. The highest BCUT2D eigenvalue weighted by Crippen LogP contribution is 2.33. The molecule has 4 rings (SSSR count). The number of pyridine rings is 1. The molecule has 2 heterocycles. The number of ether oxygens (including phenoxy) is 1. The first-order valence-corrected chi connectivity index (χ1v) is 8.80. The summed E-state index contributed by atoms with van der Waals surface area (Å²) in [6.07, 6.45) is -1.99. The van der Waals surface area contributed by atoms with Gasteiger partial charge in [-0.15, -0.1) is 0 Å². The summed E-state index contributed by atoms with van der Waals surface area (Å²) in [6.45, 7) is 0.444. The third-order valence-corrected chi connectivity index (χ3v) is 4.57. The topological polar surface area (TPSA) is 27.1 Å². The molecule has 142 valence electrons. The van der Waals surface area contributed by atoms with Crippen molar-refractivity contribution in [1.29, 1.82) is 0 Å². The lowest BCUT2D eigenvalue weighted by atomic mass is 10.2. The molecule has 0 atom stereocenters.